The third kappa shape index (κ3) is 4.78. The molecule has 1 saturated carbocycles. The summed E-state index contributed by atoms with van der Waals surface area (Å²) >= 11 is 0. The van der Waals surface area contributed by atoms with E-state index in [2.05, 4.69) is 68.4 Å². The lowest BCUT2D eigenvalue weighted by molar-refractivity contribution is -0.116. The van der Waals surface area contributed by atoms with E-state index in [9.17, 15) is 0 Å². The molecule has 0 aromatic carbocycles. The highest BCUT2D eigenvalue weighted by Crippen LogP contribution is 2.39. The second-order valence-corrected chi connectivity index (χ2v) is 8.67. The van der Waals surface area contributed by atoms with Crippen LogP contribution in [0.4, 0.5) is 0 Å². The minimum absolute atomic E-state index is 0.00299. The summed E-state index contributed by atoms with van der Waals surface area (Å²) < 4.78 is 16.6. The third-order valence-electron chi connectivity index (χ3n) is 5.12. The van der Waals surface area contributed by atoms with Crippen LogP contribution in [-0.4, -0.2) is 54.4 Å². The molecule has 0 amide bonds. The Kier molecular flexibility index (Phi) is 6.50. The minimum Gasteiger partial charge on any atom is -0.373 e. The van der Waals surface area contributed by atoms with Gasteiger partial charge < -0.3 is 9.47 Å². The van der Waals surface area contributed by atoms with Crippen molar-refractivity contribution in [3.05, 3.63) is 23.8 Å². The van der Waals surface area contributed by atoms with Crippen LogP contribution in [0.25, 0.3) is 0 Å². The van der Waals surface area contributed by atoms with Crippen molar-refractivity contribution < 1.29 is 9.47 Å². The van der Waals surface area contributed by atoms with Crippen molar-refractivity contribution in [2.24, 2.45) is 0 Å². The average Bonchev–Trinajstić information content (AvgIpc) is 3.24. The van der Waals surface area contributed by atoms with Crippen LogP contribution in [0.1, 0.15) is 83.8 Å². The molecule has 8 nitrogen and oxygen atoms in total. The number of ether oxygens (including phenoxy) is 2. The van der Waals surface area contributed by atoms with E-state index >= 15 is 0 Å². The van der Waals surface area contributed by atoms with E-state index in [0.29, 0.717) is 5.92 Å². The molecule has 156 valence electrons. The van der Waals surface area contributed by atoms with Gasteiger partial charge in [0.05, 0.1) is 47.9 Å². The Balaban J connectivity index is 1.92. The van der Waals surface area contributed by atoms with E-state index in [4.69, 9.17) is 9.47 Å². The molecule has 0 spiro atoms. The highest BCUT2D eigenvalue weighted by molar-refractivity contribution is 5.02. The maximum Gasteiger partial charge on any atom is 0.0852 e. The molecule has 0 N–H and O–H groups in total. The summed E-state index contributed by atoms with van der Waals surface area (Å²) in [6, 6.07) is 0.156. The van der Waals surface area contributed by atoms with Gasteiger partial charge in [-0.25, -0.2) is 9.36 Å². The SMILES string of the molecule is Cc1cn(C2CC(OC(C)C)C(n3cc(C(C)C)nn3)CC2OC(C)C)nn1. The largest absolute Gasteiger partial charge is 0.373 e. The zero-order valence-electron chi connectivity index (χ0n) is 18.1. The second-order valence-electron chi connectivity index (χ2n) is 8.67. The molecule has 0 saturated heterocycles. The lowest BCUT2D eigenvalue weighted by Gasteiger charge is -2.41. The van der Waals surface area contributed by atoms with Gasteiger partial charge >= 0.3 is 0 Å². The number of aromatic nitrogens is 6. The highest BCUT2D eigenvalue weighted by Gasteiger charge is 2.42. The minimum atomic E-state index is 0.00299. The Hall–Kier alpha value is -1.80. The number of aryl methyl sites for hydroxylation is 1. The summed E-state index contributed by atoms with van der Waals surface area (Å²) in [6.45, 7) is 14.5. The quantitative estimate of drug-likeness (QED) is 0.720. The number of nitrogens with zero attached hydrogens (tertiary/aromatic N) is 6. The van der Waals surface area contributed by atoms with Crippen molar-refractivity contribution in [3.63, 3.8) is 0 Å². The van der Waals surface area contributed by atoms with Crippen molar-refractivity contribution in [2.45, 2.75) is 104 Å². The molecule has 8 heteroatoms. The molecule has 4 atom stereocenters. The summed E-state index contributed by atoms with van der Waals surface area (Å²) in [6.07, 6.45) is 5.88. The normalized spacial score (nSPS) is 25.9. The lowest BCUT2D eigenvalue weighted by Crippen LogP contribution is -2.45. The van der Waals surface area contributed by atoms with Crippen LogP contribution in [0.5, 0.6) is 0 Å². The van der Waals surface area contributed by atoms with Gasteiger partial charge in [-0.3, -0.25) is 0 Å². The topological polar surface area (TPSA) is 79.9 Å². The molecule has 1 aliphatic rings. The van der Waals surface area contributed by atoms with Gasteiger partial charge in [0.2, 0.25) is 0 Å². The monoisotopic (exact) mass is 390 g/mol. The standard InChI is InChI=1S/C20H34N6O2/c1-12(2)16-11-26(24-22-16)18-9-19(27-13(3)4)17(8-20(18)28-14(5)6)25-10-15(7)21-23-25/h10-14,17-20H,8-9H2,1-7H3. The Morgan fingerprint density at radius 3 is 1.71 bits per heavy atom. The summed E-state index contributed by atoms with van der Waals surface area (Å²) in [7, 11) is 0. The molecule has 1 aliphatic carbocycles. The van der Waals surface area contributed by atoms with Crippen LogP contribution in [0.3, 0.4) is 0 Å². The second kappa shape index (κ2) is 8.69. The zero-order valence-corrected chi connectivity index (χ0v) is 18.1. The summed E-state index contributed by atoms with van der Waals surface area (Å²) in [4.78, 5) is 0. The van der Waals surface area contributed by atoms with E-state index in [1.165, 1.54) is 0 Å². The maximum absolute atomic E-state index is 6.33. The molecule has 28 heavy (non-hydrogen) atoms. The van der Waals surface area contributed by atoms with Crippen molar-refractivity contribution >= 4 is 0 Å². The predicted molar refractivity (Wildman–Crippen MR) is 106 cm³/mol. The van der Waals surface area contributed by atoms with Crippen molar-refractivity contribution in [2.75, 3.05) is 0 Å². The highest BCUT2D eigenvalue weighted by atomic mass is 16.5. The van der Waals surface area contributed by atoms with Crippen molar-refractivity contribution in [1.82, 2.24) is 30.0 Å². The van der Waals surface area contributed by atoms with Crippen LogP contribution in [0.15, 0.2) is 12.4 Å². The lowest BCUT2D eigenvalue weighted by atomic mass is 9.85. The number of rotatable bonds is 7. The molecule has 0 bridgehead atoms. The molecule has 1 fully saturated rings. The molecular weight excluding hydrogens is 356 g/mol. The first-order valence-electron chi connectivity index (χ1n) is 10.4. The molecule has 2 heterocycles. The van der Waals surface area contributed by atoms with Gasteiger partial charge in [-0.2, -0.15) is 0 Å². The van der Waals surface area contributed by atoms with Gasteiger partial charge in [-0.1, -0.05) is 24.3 Å². The first-order valence-corrected chi connectivity index (χ1v) is 10.4. The van der Waals surface area contributed by atoms with Gasteiger partial charge in [-0.15, -0.1) is 10.2 Å². The number of hydrogen-bond acceptors (Lipinski definition) is 6. The number of hydrogen-bond donors (Lipinski definition) is 0. The average molecular weight is 391 g/mol. The van der Waals surface area contributed by atoms with Gasteiger partial charge in [-0.05, 0) is 40.5 Å². The molecule has 2 aromatic heterocycles. The maximum atomic E-state index is 6.33. The summed E-state index contributed by atoms with van der Waals surface area (Å²) in [5.41, 5.74) is 1.91. The van der Waals surface area contributed by atoms with Crippen LogP contribution < -0.4 is 0 Å². The smallest absolute Gasteiger partial charge is 0.0852 e. The fourth-order valence-corrected chi connectivity index (χ4v) is 3.89. The van der Waals surface area contributed by atoms with Gasteiger partial charge in [0.1, 0.15) is 0 Å². The molecule has 4 unspecified atom stereocenters. The summed E-state index contributed by atoms with van der Waals surface area (Å²) in [5.74, 6) is 0.343. The first kappa shape index (κ1) is 20.9. The Morgan fingerprint density at radius 2 is 1.32 bits per heavy atom. The summed E-state index contributed by atoms with van der Waals surface area (Å²) in [5, 5.41) is 17.3. The molecular formula is C20H34N6O2. The fourth-order valence-electron chi connectivity index (χ4n) is 3.89. The van der Waals surface area contributed by atoms with Crippen LogP contribution in [0, 0.1) is 6.92 Å². The van der Waals surface area contributed by atoms with Gasteiger partial charge in [0, 0.05) is 25.2 Å². The molecule has 0 aliphatic heterocycles. The van der Waals surface area contributed by atoms with Crippen molar-refractivity contribution in [3.8, 4) is 0 Å². The Bertz CT molecular complexity index is 753. The fraction of sp³-hybridized carbons (Fsp3) is 0.800. The van der Waals surface area contributed by atoms with E-state index in [0.717, 1.165) is 24.2 Å². The van der Waals surface area contributed by atoms with E-state index in [-0.39, 0.29) is 36.5 Å². The Morgan fingerprint density at radius 1 is 0.821 bits per heavy atom. The predicted octanol–water partition coefficient (Wildman–Crippen LogP) is 3.46. The van der Waals surface area contributed by atoms with Gasteiger partial charge in [0.15, 0.2) is 0 Å². The Labute approximate surface area is 167 Å². The van der Waals surface area contributed by atoms with Crippen molar-refractivity contribution in [1.29, 1.82) is 0 Å². The van der Waals surface area contributed by atoms with Gasteiger partial charge in [0.25, 0.3) is 0 Å². The third-order valence-corrected chi connectivity index (χ3v) is 5.12. The van der Waals surface area contributed by atoms with Crippen LogP contribution in [-0.2, 0) is 9.47 Å². The van der Waals surface area contributed by atoms with E-state index < -0.39 is 0 Å². The molecule has 3 rings (SSSR count). The van der Waals surface area contributed by atoms with Crippen LogP contribution >= 0.6 is 0 Å². The molecule has 2 aromatic rings. The zero-order chi connectivity index (χ0) is 20.4. The molecule has 0 radical (unpaired) electrons. The van der Waals surface area contributed by atoms with Crippen LogP contribution in [0.2, 0.25) is 0 Å². The van der Waals surface area contributed by atoms with E-state index in [1.807, 2.05) is 22.5 Å². The first-order chi connectivity index (χ1) is 13.2. The van der Waals surface area contributed by atoms with E-state index in [1.54, 1.807) is 0 Å².